The highest BCUT2D eigenvalue weighted by Crippen LogP contribution is 2.26. The first kappa shape index (κ1) is 25.7. The summed E-state index contributed by atoms with van der Waals surface area (Å²) in [4.78, 5) is 12.8. The van der Waals surface area contributed by atoms with E-state index in [4.69, 9.17) is 0 Å². The maximum absolute atomic E-state index is 12.6. The third kappa shape index (κ3) is 7.30. The van der Waals surface area contributed by atoms with Crippen molar-refractivity contribution in [1.29, 1.82) is 0 Å². The largest absolute Gasteiger partial charge is 0.573 e. The number of nitrogens with one attached hydrogen (secondary N) is 3. The lowest BCUT2D eigenvalue weighted by Gasteiger charge is -2.12. The van der Waals surface area contributed by atoms with E-state index in [0.717, 1.165) is 29.8 Å². The van der Waals surface area contributed by atoms with Crippen LogP contribution in [0.2, 0.25) is 0 Å². The summed E-state index contributed by atoms with van der Waals surface area (Å²) in [6, 6.07) is 15.7. The van der Waals surface area contributed by atoms with Crippen LogP contribution in [0.4, 0.5) is 42.0 Å². The van der Waals surface area contributed by atoms with E-state index in [0.29, 0.717) is 29.0 Å². The molecule has 37 heavy (non-hydrogen) atoms. The summed E-state index contributed by atoms with van der Waals surface area (Å²) >= 11 is 0. The number of anilines is 5. The summed E-state index contributed by atoms with van der Waals surface area (Å²) in [6.45, 7) is 3.71. The monoisotopic (exact) mass is 530 g/mol. The number of nitrogens with zero attached hydrogens (tertiary/aromatic N) is 3. The number of aryl methyl sites for hydroxylation is 2. The van der Waals surface area contributed by atoms with Gasteiger partial charge in [-0.05, 0) is 80.1 Å². The molecule has 2 aromatic heterocycles. The molecule has 9 nitrogen and oxygen atoms in total. The van der Waals surface area contributed by atoms with E-state index in [1.54, 1.807) is 31.3 Å². The van der Waals surface area contributed by atoms with Gasteiger partial charge in [0.2, 0.25) is 0 Å². The molecule has 0 aliphatic rings. The number of rotatable bonds is 8. The second-order valence-corrected chi connectivity index (χ2v) is 9.54. The van der Waals surface area contributed by atoms with Crippen molar-refractivity contribution in [2.75, 3.05) is 15.4 Å². The van der Waals surface area contributed by atoms with Gasteiger partial charge < -0.3 is 15.4 Å². The van der Waals surface area contributed by atoms with Crippen LogP contribution in [-0.2, 0) is 10.0 Å². The average Bonchev–Trinajstić information content (AvgIpc) is 2.79. The fourth-order valence-electron chi connectivity index (χ4n) is 3.24. The molecule has 0 unspecified atom stereocenters. The Balaban J connectivity index is 1.43. The molecule has 0 saturated carbocycles. The number of benzene rings is 2. The number of alkyl halides is 3. The van der Waals surface area contributed by atoms with Gasteiger partial charge in [-0.3, -0.25) is 4.72 Å². The molecule has 0 radical (unpaired) electrons. The second-order valence-electron chi connectivity index (χ2n) is 7.86. The number of halogens is 3. The summed E-state index contributed by atoms with van der Waals surface area (Å²) in [5.41, 5.74) is 1.94. The van der Waals surface area contributed by atoms with Crippen molar-refractivity contribution < 1.29 is 26.3 Å². The lowest BCUT2D eigenvalue weighted by atomic mass is 10.3. The molecule has 192 valence electrons. The highest BCUT2D eigenvalue weighted by Gasteiger charge is 2.31. The van der Waals surface area contributed by atoms with Crippen LogP contribution in [0, 0.1) is 13.8 Å². The normalized spacial score (nSPS) is 11.6. The van der Waals surface area contributed by atoms with Crippen molar-refractivity contribution in [1.82, 2.24) is 15.0 Å². The van der Waals surface area contributed by atoms with Gasteiger partial charge in [0, 0.05) is 23.6 Å². The quantitative estimate of drug-likeness (QED) is 0.267. The zero-order valence-corrected chi connectivity index (χ0v) is 20.4. The number of hydrogen-bond donors (Lipinski definition) is 3. The Morgan fingerprint density at radius 1 is 0.784 bits per heavy atom. The van der Waals surface area contributed by atoms with Crippen molar-refractivity contribution in [2.24, 2.45) is 0 Å². The van der Waals surface area contributed by atoms with Gasteiger partial charge in [0.25, 0.3) is 10.0 Å². The molecular formula is C24H21F3N6O3S. The number of pyridine rings is 1. The minimum Gasteiger partial charge on any atom is -0.406 e. The van der Waals surface area contributed by atoms with Crippen LogP contribution in [0.25, 0.3) is 0 Å². The standard InChI is InChI=1S/C24H21F3N6O3S/c1-15-11-12-28-21(13-15)32-23-14-22(29-16(2)30-23)31-17-3-5-18(6-4-17)33-37(34,35)20-9-7-19(8-10-20)36-24(25,26)27/h3-14,33H,1-2H3,(H2,28,29,30,31,32). The number of ether oxygens (including phenoxy) is 1. The van der Waals surface area contributed by atoms with Crippen molar-refractivity contribution >= 4 is 38.9 Å². The fourth-order valence-corrected chi connectivity index (χ4v) is 4.29. The molecule has 0 aliphatic heterocycles. The maximum atomic E-state index is 12.6. The molecule has 3 N–H and O–H groups in total. The molecule has 0 amide bonds. The average molecular weight is 531 g/mol. The van der Waals surface area contributed by atoms with Crippen molar-refractivity contribution in [3.05, 3.63) is 84.3 Å². The van der Waals surface area contributed by atoms with Gasteiger partial charge in [-0.25, -0.2) is 23.4 Å². The maximum Gasteiger partial charge on any atom is 0.573 e. The van der Waals surface area contributed by atoms with Gasteiger partial charge in [0.05, 0.1) is 4.90 Å². The Morgan fingerprint density at radius 2 is 1.41 bits per heavy atom. The molecule has 0 saturated heterocycles. The second kappa shape index (κ2) is 10.3. The molecule has 2 heterocycles. The van der Waals surface area contributed by atoms with Crippen LogP contribution >= 0.6 is 0 Å². The molecule has 0 spiro atoms. The lowest BCUT2D eigenvalue weighted by Crippen LogP contribution is -2.17. The third-order valence-corrected chi connectivity index (χ3v) is 6.18. The number of hydrogen-bond acceptors (Lipinski definition) is 8. The zero-order chi connectivity index (χ0) is 26.6. The van der Waals surface area contributed by atoms with Crippen molar-refractivity contribution in [3.63, 3.8) is 0 Å². The molecule has 13 heteroatoms. The first-order valence-corrected chi connectivity index (χ1v) is 12.2. The Bertz CT molecular complexity index is 1500. The topological polar surface area (TPSA) is 118 Å². The molecule has 4 aromatic rings. The van der Waals surface area contributed by atoms with E-state index in [9.17, 15) is 21.6 Å². The lowest BCUT2D eigenvalue weighted by molar-refractivity contribution is -0.274. The van der Waals surface area contributed by atoms with Crippen LogP contribution < -0.4 is 20.1 Å². The van der Waals surface area contributed by atoms with E-state index < -0.39 is 22.1 Å². The summed E-state index contributed by atoms with van der Waals surface area (Å²) in [7, 11) is -4.03. The number of sulfonamides is 1. The molecule has 0 bridgehead atoms. The van der Waals surface area contributed by atoms with Gasteiger partial charge in [-0.2, -0.15) is 0 Å². The molecule has 0 fully saturated rings. The predicted octanol–water partition coefficient (Wildman–Crippen LogP) is 5.68. The van der Waals surface area contributed by atoms with E-state index in [2.05, 4.69) is 35.0 Å². The minimum absolute atomic E-state index is 0.219. The minimum atomic E-state index is -4.87. The zero-order valence-electron chi connectivity index (χ0n) is 19.5. The molecule has 4 rings (SSSR count). The Labute approximate surface area is 210 Å². The molecule has 2 aromatic carbocycles. The Hall–Kier alpha value is -4.39. The van der Waals surface area contributed by atoms with Crippen LogP contribution in [0.15, 0.2) is 77.8 Å². The molecule has 0 aliphatic carbocycles. The Morgan fingerprint density at radius 3 is 2.03 bits per heavy atom. The van der Waals surface area contributed by atoms with E-state index in [1.165, 1.54) is 12.1 Å². The van der Waals surface area contributed by atoms with Crippen LogP contribution in [-0.4, -0.2) is 29.7 Å². The Kier molecular flexibility index (Phi) is 7.16. The summed E-state index contributed by atoms with van der Waals surface area (Å²) in [5, 5.41) is 6.27. The molecular weight excluding hydrogens is 509 g/mol. The predicted molar refractivity (Wildman–Crippen MR) is 133 cm³/mol. The highest BCUT2D eigenvalue weighted by atomic mass is 32.2. The summed E-state index contributed by atoms with van der Waals surface area (Å²) < 4.78 is 68.3. The highest BCUT2D eigenvalue weighted by molar-refractivity contribution is 7.92. The first-order valence-electron chi connectivity index (χ1n) is 10.8. The van der Waals surface area contributed by atoms with Gasteiger partial charge in [0.15, 0.2) is 0 Å². The summed E-state index contributed by atoms with van der Waals surface area (Å²) in [6.07, 6.45) is -3.17. The van der Waals surface area contributed by atoms with Gasteiger partial charge in [-0.15, -0.1) is 13.2 Å². The SMILES string of the molecule is Cc1ccnc(Nc2cc(Nc3ccc(NS(=O)(=O)c4ccc(OC(F)(F)F)cc4)cc3)nc(C)n2)c1. The van der Waals surface area contributed by atoms with Crippen LogP contribution in [0.3, 0.4) is 0 Å². The van der Waals surface area contributed by atoms with E-state index in [1.807, 2.05) is 19.1 Å². The fraction of sp³-hybridized carbons (Fsp3) is 0.125. The van der Waals surface area contributed by atoms with Gasteiger partial charge >= 0.3 is 6.36 Å². The van der Waals surface area contributed by atoms with Gasteiger partial charge in [0.1, 0.15) is 29.0 Å². The van der Waals surface area contributed by atoms with Crippen LogP contribution in [0.5, 0.6) is 5.75 Å². The summed E-state index contributed by atoms with van der Waals surface area (Å²) in [5.74, 6) is 1.70. The third-order valence-electron chi connectivity index (χ3n) is 4.79. The van der Waals surface area contributed by atoms with Crippen molar-refractivity contribution in [2.45, 2.75) is 25.1 Å². The van der Waals surface area contributed by atoms with E-state index >= 15 is 0 Å². The smallest absolute Gasteiger partial charge is 0.406 e. The van der Waals surface area contributed by atoms with Gasteiger partial charge in [-0.1, -0.05) is 0 Å². The molecule has 0 atom stereocenters. The van der Waals surface area contributed by atoms with E-state index in [-0.39, 0.29) is 10.6 Å². The first-order chi connectivity index (χ1) is 17.4. The number of aromatic nitrogens is 3. The van der Waals surface area contributed by atoms with Crippen LogP contribution in [0.1, 0.15) is 11.4 Å². The van der Waals surface area contributed by atoms with Crippen molar-refractivity contribution in [3.8, 4) is 5.75 Å².